The molecule has 2 aromatic rings. The zero-order valence-corrected chi connectivity index (χ0v) is 15.1. The van der Waals surface area contributed by atoms with Crippen molar-refractivity contribution >= 4 is 22.1 Å². The van der Waals surface area contributed by atoms with Crippen LogP contribution in [-0.2, 0) is 0 Å². The first-order valence-corrected chi connectivity index (χ1v) is 7.97. The second-order valence-corrected chi connectivity index (χ2v) is 5.60. The molecule has 7 heteroatoms. The molecule has 0 radical (unpaired) electrons. The van der Waals surface area contributed by atoms with Gasteiger partial charge < -0.3 is 24.8 Å². The highest BCUT2D eigenvalue weighted by Crippen LogP contribution is 2.38. The summed E-state index contributed by atoms with van der Waals surface area (Å²) in [4.78, 5) is 0. The van der Waals surface area contributed by atoms with Crippen LogP contribution in [0.5, 0.6) is 23.0 Å². The average molecular weight is 395 g/mol. The van der Waals surface area contributed by atoms with Crippen molar-refractivity contribution in [2.75, 3.05) is 27.4 Å². The number of nitrogens with two attached hydrogens (primary N) is 1. The first-order chi connectivity index (χ1) is 11.7. The summed E-state index contributed by atoms with van der Waals surface area (Å²) in [6, 6.07) is 11.1. The van der Waals surface area contributed by atoms with E-state index in [4.69, 9.17) is 24.8 Å². The quantitative estimate of drug-likeness (QED) is 0.322. The van der Waals surface area contributed by atoms with Crippen molar-refractivity contribution in [2.24, 2.45) is 10.9 Å². The van der Waals surface area contributed by atoms with Gasteiger partial charge in [-0.3, -0.25) is 0 Å². The summed E-state index contributed by atoms with van der Waals surface area (Å²) in [6.45, 7) is 0.729. The number of rotatable bonds is 8. The van der Waals surface area contributed by atoms with E-state index in [1.165, 1.54) is 6.21 Å². The molecular formula is C17H19BrN2O4. The Morgan fingerprint density at radius 1 is 1.00 bits per heavy atom. The summed E-state index contributed by atoms with van der Waals surface area (Å²) in [6.07, 6.45) is 1.51. The largest absolute Gasteiger partial charge is 0.493 e. The molecule has 0 bridgehead atoms. The van der Waals surface area contributed by atoms with Gasteiger partial charge in [0.05, 0.1) is 20.4 Å². The van der Waals surface area contributed by atoms with Gasteiger partial charge in [0.25, 0.3) is 0 Å². The zero-order chi connectivity index (χ0) is 17.4. The van der Waals surface area contributed by atoms with E-state index < -0.39 is 0 Å². The van der Waals surface area contributed by atoms with Crippen LogP contribution in [0, 0.1) is 0 Å². The first kappa shape index (κ1) is 17.9. The minimum Gasteiger partial charge on any atom is -0.493 e. The number of hydrazone groups is 1. The van der Waals surface area contributed by atoms with Gasteiger partial charge in [-0.2, -0.15) is 5.10 Å². The standard InChI is InChI=1S/C17H19BrN2O4/c1-21-15-9-12(11-20-19)10-16(22-2)17(15)24-8-7-23-14-5-3-13(18)4-6-14/h3-6,9-11H,7-8,19H2,1-2H3. The summed E-state index contributed by atoms with van der Waals surface area (Å²) in [5.41, 5.74) is 0.754. The third-order valence-electron chi connectivity index (χ3n) is 3.12. The molecule has 0 aromatic heterocycles. The molecule has 2 aromatic carbocycles. The SMILES string of the molecule is COc1cc(C=NN)cc(OC)c1OCCOc1ccc(Br)cc1. The highest BCUT2D eigenvalue weighted by atomic mass is 79.9. The van der Waals surface area contributed by atoms with E-state index in [0.29, 0.717) is 30.5 Å². The van der Waals surface area contributed by atoms with Crippen LogP contribution in [0.25, 0.3) is 0 Å². The van der Waals surface area contributed by atoms with Crippen LogP contribution in [0.15, 0.2) is 46.0 Å². The predicted octanol–water partition coefficient (Wildman–Crippen LogP) is 3.22. The molecule has 24 heavy (non-hydrogen) atoms. The topological polar surface area (TPSA) is 75.3 Å². The van der Waals surface area contributed by atoms with Crippen LogP contribution < -0.4 is 24.8 Å². The molecule has 6 nitrogen and oxygen atoms in total. The van der Waals surface area contributed by atoms with Crippen molar-refractivity contribution in [3.8, 4) is 23.0 Å². The minimum atomic E-state index is 0.340. The molecular weight excluding hydrogens is 376 g/mol. The van der Waals surface area contributed by atoms with Crippen LogP contribution >= 0.6 is 15.9 Å². The summed E-state index contributed by atoms with van der Waals surface area (Å²) >= 11 is 3.38. The molecule has 0 amide bonds. The highest BCUT2D eigenvalue weighted by Gasteiger charge is 2.13. The number of hydrogen-bond acceptors (Lipinski definition) is 6. The van der Waals surface area contributed by atoms with E-state index in [0.717, 1.165) is 15.8 Å². The van der Waals surface area contributed by atoms with Gasteiger partial charge in [0.1, 0.15) is 19.0 Å². The molecule has 2 rings (SSSR count). The normalized spacial score (nSPS) is 10.6. The van der Waals surface area contributed by atoms with Crippen molar-refractivity contribution < 1.29 is 18.9 Å². The van der Waals surface area contributed by atoms with E-state index in [2.05, 4.69) is 21.0 Å². The van der Waals surface area contributed by atoms with Gasteiger partial charge in [-0.15, -0.1) is 0 Å². The second-order valence-electron chi connectivity index (χ2n) is 4.68. The lowest BCUT2D eigenvalue weighted by atomic mass is 10.2. The maximum atomic E-state index is 5.77. The van der Waals surface area contributed by atoms with E-state index >= 15 is 0 Å². The van der Waals surface area contributed by atoms with Gasteiger partial charge in [-0.1, -0.05) is 15.9 Å². The summed E-state index contributed by atoms with van der Waals surface area (Å²) in [5.74, 6) is 7.53. The molecule has 0 aliphatic carbocycles. The summed E-state index contributed by atoms with van der Waals surface area (Å²) in [7, 11) is 3.12. The number of methoxy groups -OCH3 is 2. The summed E-state index contributed by atoms with van der Waals surface area (Å²) < 4.78 is 23.1. The average Bonchev–Trinajstić information content (AvgIpc) is 2.60. The van der Waals surface area contributed by atoms with Gasteiger partial charge in [0.2, 0.25) is 5.75 Å². The van der Waals surface area contributed by atoms with Gasteiger partial charge in [-0.25, -0.2) is 0 Å². The molecule has 128 valence electrons. The first-order valence-electron chi connectivity index (χ1n) is 7.18. The molecule has 0 saturated carbocycles. The third kappa shape index (κ3) is 4.79. The molecule has 0 fully saturated rings. The number of hydrogen-bond donors (Lipinski definition) is 1. The van der Waals surface area contributed by atoms with Gasteiger partial charge in [0, 0.05) is 10.0 Å². The fourth-order valence-corrected chi connectivity index (χ4v) is 2.30. The van der Waals surface area contributed by atoms with E-state index in [1.807, 2.05) is 24.3 Å². The smallest absolute Gasteiger partial charge is 0.203 e. The van der Waals surface area contributed by atoms with Gasteiger partial charge >= 0.3 is 0 Å². The highest BCUT2D eigenvalue weighted by molar-refractivity contribution is 9.10. The predicted molar refractivity (Wildman–Crippen MR) is 96.5 cm³/mol. The molecule has 0 saturated heterocycles. The van der Waals surface area contributed by atoms with Crippen molar-refractivity contribution in [1.82, 2.24) is 0 Å². The van der Waals surface area contributed by atoms with Crippen molar-refractivity contribution in [1.29, 1.82) is 0 Å². The Balaban J connectivity index is 2.01. The van der Waals surface area contributed by atoms with Crippen LogP contribution in [0.3, 0.4) is 0 Å². The Labute approximate surface area is 149 Å². The third-order valence-corrected chi connectivity index (χ3v) is 3.65. The maximum absolute atomic E-state index is 5.77. The molecule has 0 aliphatic heterocycles. The van der Waals surface area contributed by atoms with E-state index in [1.54, 1.807) is 26.4 Å². The second kappa shape index (κ2) is 9.02. The van der Waals surface area contributed by atoms with Crippen molar-refractivity contribution in [2.45, 2.75) is 0 Å². The lowest BCUT2D eigenvalue weighted by Gasteiger charge is -2.15. The summed E-state index contributed by atoms with van der Waals surface area (Å²) in [5, 5.41) is 3.50. The fraction of sp³-hybridized carbons (Fsp3) is 0.235. The Morgan fingerprint density at radius 2 is 1.58 bits per heavy atom. The lowest BCUT2D eigenvalue weighted by molar-refractivity contribution is 0.205. The molecule has 0 spiro atoms. The van der Waals surface area contributed by atoms with Crippen LogP contribution in [0.2, 0.25) is 0 Å². The number of benzene rings is 2. The van der Waals surface area contributed by atoms with E-state index in [-0.39, 0.29) is 0 Å². The Kier molecular flexibility index (Phi) is 6.74. The Hall–Kier alpha value is -2.41. The van der Waals surface area contributed by atoms with Crippen molar-refractivity contribution in [3.05, 3.63) is 46.4 Å². The van der Waals surface area contributed by atoms with Gasteiger partial charge in [-0.05, 0) is 36.4 Å². The number of nitrogens with zero attached hydrogens (tertiary/aromatic N) is 1. The molecule has 0 unspecified atom stereocenters. The monoisotopic (exact) mass is 394 g/mol. The van der Waals surface area contributed by atoms with Crippen LogP contribution in [-0.4, -0.2) is 33.6 Å². The fourth-order valence-electron chi connectivity index (χ4n) is 2.04. The Bertz CT molecular complexity index is 664. The van der Waals surface area contributed by atoms with Crippen LogP contribution in [0.4, 0.5) is 0 Å². The van der Waals surface area contributed by atoms with Crippen molar-refractivity contribution in [3.63, 3.8) is 0 Å². The maximum Gasteiger partial charge on any atom is 0.203 e. The molecule has 0 atom stereocenters. The number of halogens is 1. The zero-order valence-electron chi connectivity index (χ0n) is 13.5. The van der Waals surface area contributed by atoms with Gasteiger partial charge in [0.15, 0.2) is 11.5 Å². The van der Waals surface area contributed by atoms with E-state index in [9.17, 15) is 0 Å². The van der Waals surface area contributed by atoms with Crippen LogP contribution in [0.1, 0.15) is 5.56 Å². The molecule has 0 aliphatic rings. The Morgan fingerprint density at radius 3 is 2.12 bits per heavy atom. The molecule has 2 N–H and O–H groups in total. The number of ether oxygens (including phenoxy) is 4. The molecule has 0 heterocycles. The lowest BCUT2D eigenvalue weighted by Crippen LogP contribution is -2.10. The minimum absolute atomic E-state index is 0.340.